The summed E-state index contributed by atoms with van der Waals surface area (Å²) in [6.45, 7) is 0.742. The zero-order valence-corrected chi connectivity index (χ0v) is 15.3. The van der Waals surface area contributed by atoms with Crippen LogP contribution in [0.3, 0.4) is 0 Å². The fourth-order valence-corrected chi connectivity index (χ4v) is 3.91. The van der Waals surface area contributed by atoms with Gasteiger partial charge in [-0.2, -0.15) is 0 Å². The second kappa shape index (κ2) is 6.29. The Morgan fingerprint density at radius 3 is 2.76 bits per heavy atom. The molecule has 0 radical (unpaired) electrons. The van der Waals surface area contributed by atoms with Crippen LogP contribution in [-0.4, -0.2) is 13.7 Å². The van der Waals surface area contributed by atoms with Crippen molar-refractivity contribution in [2.24, 2.45) is 0 Å². The molecule has 21 heavy (non-hydrogen) atoms. The molecule has 1 heterocycles. The lowest BCUT2D eigenvalue weighted by Gasteiger charge is -2.21. The molecule has 0 fully saturated rings. The molecule has 2 nitrogen and oxygen atoms in total. The Bertz CT molecular complexity index is 690. The van der Waals surface area contributed by atoms with E-state index in [0.717, 1.165) is 43.9 Å². The van der Waals surface area contributed by atoms with E-state index in [-0.39, 0.29) is 6.04 Å². The van der Waals surface area contributed by atoms with Crippen molar-refractivity contribution in [2.45, 2.75) is 12.5 Å². The molecule has 110 valence electrons. The Hall–Kier alpha value is -0.550. The topological polar surface area (TPSA) is 21.3 Å². The third-order valence-electron chi connectivity index (χ3n) is 3.65. The van der Waals surface area contributed by atoms with Crippen molar-refractivity contribution in [3.8, 4) is 5.75 Å². The molecule has 1 atom stereocenters. The van der Waals surface area contributed by atoms with Crippen LogP contribution in [0.25, 0.3) is 0 Å². The Labute approximate surface area is 146 Å². The van der Waals surface area contributed by atoms with Gasteiger partial charge in [-0.15, -0.1) is 0 Å². The molecule has 3 rings (SSSR count). The Balaban J connectivity index is 2.15. The largest absolute Gasteiger partial charge is 0.493 e. The van der Waals surface area contributed by atoms with Crippen molar-refractivity contribution in [3.63, 3.8) is 0 Å². The van der Waals surface area contributed by atoms with Crippen LogP contribution in [0.4, 0.5) is 0 Å². The summed E-state index contributed by atoms with van der Waals surface area (Å²) in [5.41, 5.74) is 3.47. The van der Waals surface area contributed by atoms with E-state index in [1.165, 1.54) is 5.56 Å². The minimum Gasteiger partial charge on any atom is -0.493 e. The first-order valence-electron chi connectivity index (χ1n) is 6.67. The lowest BCUT2D eigenvalue weighted by molar-refractivity contribution is 0.351. The van der Waals surface area contributed by atoms with E-state index in [1.807, 2.05) is 25.2 Å². The van der Waals surface area contributed by atoms with Gasteiger partial charge in [0.25, 0.3) is 0 Å². The van der Waals surface area contributed by atoms with Crippen LogP contribution in [0.1, 0.15) is 22.7 Å². The van der Waals surface area contributed by atoms with E-state index in [0.29, 0.717) is 0 Å². The summed E-state index contributed by atoms with van der Waals surface area (Å²) in [7, 11) is 1.94. The molecule has 1 aliphatic rings. The maximum Gasteiger partial charge on any atom is 0.127 e. The van der Waals surface area contributed by atoms with Gasteiger partial charge in [0.05, 0.1) is 12.6 Å². The van der Waals surface area contributed by atoms with Gasteiger partial charge in [-0.25, -0.2) is 0 Å². The molecule has 0 amide bonds. The van der Waals surface area contributed by atoms with Crippen molar-refractivity contribution in [1.82, 2.24) is 5.32 Å². The van der Waals surface area contributed by atoms with E-state index in [2.05, 4.69) is 49.3 Å². The van der Waals surface area contributed by atoms with Gasteiger partial charge in [-0.3, -0.25) is 0 Å². The number of rotatable bonds is 3. The van der Waals surface area contributed by atoms with Crippen LogP contribution < -0.4 is 10.1 Å². The Morgan fingerprint density at radius 1 is 1.19 bits per heavy atom. The Morgan fingerprint density at radius 2 is 2.00 bits per heavy atom. The van der Waals surface area contributed by atoms with Crippen molar-refractivity contribution in [2.75, 3.05) is 13.7 Å². The van der Waals surface area contributed by atoms with E-state index in [4.69, 9.17) is 16.3 Å². The average Bonchev–Trinajstić information content (AvgIpc) is 2.91. The molecular weight excluding hydrogens is 417 g/mol. The van der Waals surface area contributed by atoms with Gasteiger partial charge in [-0.05, 0) is 48.5 Å². The minimum absolute atomic E-state index is 0.0161. The van der Waals surface area contributed by atoms with Gasteiger partial charge in [0.15, 0.2) is 0 Å². The maximum absolute atomic E-state index is 6.16. The molecule has 0 aromatic heterocycles. The summed E-state index contributed by atoms with van der Waals surface area (Å²) in [6.07, 6.45) is 0.953. The molecule has 0 saturated heterocycles. The molecule has 1 aliphatic heterocycles. The van der Waals surface area contributed by atoms with E-state index < -0.39 is 0 Å². The third kappa shape index (κ3) is 3.00. The molecular formula is C16H14Br2ClNO. The number of hydrogen-bond acceptors (Lipinski definition) is 2. The fraction of sp³-hybridized carbons (Fsp3) is 0.250. The zero-order chi connectivity index (χ0) is 15.0. The maximum atomic E-state index is 6.16. The monoisotopic (exact) mass is 429 g/mol. The average molecular weight is 432 g/mol. The van der Waals surface area contributed by atoms with Crippen molar-refractivity contribution >= 4 is 43.5 Å². The first-order chi connectivity index (χ1) is 10.1. The number of ether oxygens (including phenoxy) is 1. The molecule has 0 bridgehead atoms. The Kier molecular flexibility index (Phi) is 4.60. The van der Waals surface area contributed by atoms with E-state index in [1.54, 1.807) is 0 Å². The molecule has 1 N–H and O–H groups in total. The second-order valence-electron chi connectivity index (χ2n) is 4.97. The number of fused-ring (bicyclic) bond motifs is 1. The number of nitrogens with one attached hydrogen (secondary N) is 1. The van der Waals surface area contributed by atoms with Gasteiger partial charge < -0.3 is 10.1 Å². The fourth-order valence-electron chi connectivity index (χ4n) is 2.73. The number of hydrogen-bond donors (Lipinski definition) is 1. The summed E-state index contributed by atoms with van der Waals surface area (Å²) in [5, 5.41) is 4.09. The second-order valence-corrected chi connectivity index (χ2v) is 7.18. The van der Waals surface area contributed by atoms with E-state index >= 15 is 0 Å². The van der Waals surface area contributed by atoms with Gasteiger partial charge >= 0.3 is 0 Å². The summed E-state index contributed by atoms with van der Waals surface area (Å²) >= 11 is 13.4. The summed E-state index contributed by atoms with van der Waals surface area (Å²) in [6, 6.07) is 10.1. The highest BCUT2D eigenvalue weighted by molar-refractivity contribution is 9.10. The molecule has 0 spiro atoms. The van der Waals surface area contributed by atoms with Crippen molar-refractivity contribution in [3.05, 3.63) is 61.0 Å². The predicted octanol–water partition coefficient (Wildman–Crippen LogP) is 5.11. The molecule has 2 aromatic carbocycles. The molecule has 1 unspecified atom stereocenters. The van der Waals surface area contributed by atoms with Crippen LogP contribution >= 0.6 is 43.5 Å². The van der Waals surface area contributed by atoms with Crippen LogP contribution in [0.5, 0.6) is 5.75 Å². The number of benzene rings is 2. The zero-order valence-electron chi connectivity index (χ0n) is 11.4. The molecule has 0 aliphatic carbocycles. The highest BCUT2D eigenvalue weighted by Gasteiger charge is 2.25. The number of halogens is 3. The highest BCUT2D eigenvalue weighted by atomic mass is 79.9. The van der Waals surface area contributed by atoms with E-state index in [9.17, 15) is 0 Å². The van der Waals surface area contributed by atoms with Crippen molar-refractivity contribution in [1.29, 1.82) is 0 Å². The highest BCUT2D eigenvalue weighted by Crippen LogP contribution is 2.40. The minimum atomic E-state index is 0.0161. The van der Waals surface area contributed by atoms with Gasteiger partial charge in [-0.1, -0.05) is 43.5 Å². The van der Waals surface area contributed by atoms with Gasteiger partial charge in [0.2, 0.25) is 0 Å². The van der Waals surface area contributed by atoms with Crippen LogP contribution in [0.15, 0.2) is 39.3 Å². The molecule has 5 heteroatoms. The normalized spacial score (nSPS) is 14.7. The lowest BCUT2D eigenvalue weighted by Crippen LogP contribution is -2.19. The summed E-state index contributed by atoms with van der Waals surface area (Å²) < 4.78 is 7.95. The first-order valence-corrected chi connectivity index (χ1v) is 8.64. The van der Waals surface area contributed by atoms with Crippen LogP contribution in [0.2, 0.25) is 5.02 Å². The third-order valence-corrected chi connectivity index (χ3v) is 5.06. The first kappa shape index (κ1) is 15.3. The van der Waals surface area contributed by atoms with Gasteiger partial charge in [0.1, 0.15) is 5.75 Å². The predicted molar refractivity (Wildman–Crippen MR) is 93.4 cm³/mol. The summed E-state index contributed by atoms with van der Waals surface area (Å²) in [5.74, 6) is 0.990. The quantitative estimate of drug-likeness (QED) is 0.729. The van der Waals surface area contributed by atoms with Crippen LogP contribution in [-0.2, 0) is 6.42 Å². The molecule has 0 saturated carbocycles. The molecule has 2 aromatic rings. The standard InChI is InChI=1S/C16H14Br2ClNO/c1-20-15(12-8-11(19)2-3-14(12)18)13-7-10(17)6-9-4-5-21-16(9)13/h2-3,6-8,15,20H,4-5H2,1H3. The van der Waals surface area contributed by atoms with Crippen molar-refractivity contribution < 1.29 is 4.74 Å². The SMILES string of the molecule is CNC(c1cc(Cl)ccc1Br)c1cc(Br)cc2c1OCC2. The van der Waals surface area contributed by atoms with Gasteiger partial charge in [0, 0.05) is 26.0 Å². The van der Waals surface area contributed by atoms with Crippen LogP contribution in [0, 0.1) is 0 Å². The smallest absolute Gasteiger partial charge is 0.127 e. The summed E-state index contributed by atoms with van der Waals surface area (Å²) in [4.78, 5) is 0. The lowest BCUT2D eigenvalue weighted by atomic mass is 9.96.